The summed E-state index contributed by atoms with van der Waals surface area (Å²) in [6.07, 6.45) is 4.92. The molecule has 2 heterocycles. The lowest BCUT2D eigenvalue weighted by molar-refractivity contribution is 0.134. The average molecular weight is 345 g/mol. The van der Waals surface area contributed by atoms with Gasteiger partial charge in [-0.15, -0.1) is 0 Å². The van der Waals surface area contributed by atoms with Crippen LogP contribution in [0.25, 0.3) is 0 Å². The van der Waals surface area contributed by atoms with Gasteiger partial charge in [-0.3, -0.25) is 0 Å². The van der Waals surface area contributed by atoms with E-state index in [-0.39, 0.29) is 12.1 Å². The Labute approximate surface area is 152 Å². The highest BCUT2D eigenvalue weighted by molar-refractivity contribution is 5.74. The fourth-order valence-electron chi connectivity index (χ4n) is 3.94. The Bertz CT molecular complexity index is 536. The quantitative estimate of drug-likeness (QED) is 0.893. The van der Waals surface area contributed by atoms with E-state index in [1.54, 1.807) is 0 Å². The number of para-hydroxylation sites is 1. The summed E-state index contributed by atoms with van der Waals surface area (Å²) in [5.41, 5.74) is 1.18. The number of hydrogen-bond donors (Lipinski definition) is 1. The van der Waals surface area contributed by atoms with Crippen LogP contribution in [0.2, 0.25) is 0 Å². The fraction of sp³-hybridized carbons (Fsp3) is 0.650. The van der Waals surface area contributed by atoms with E-state index in [1.165, 1.54) is 31.6 Å². The van der Waals surface area contributed by atoms with Gasteiger partial charge in [-0.25, -0.2) is 4.79 Å². The summed E-state index contributed by atoms with van der Waals surface area (Å²) in [4.78, 5) is 19.3. The number of urea groups is 1. The van der Waals surface area contributed by atoms with E-state index in [9.17, 15) is 4.79 Å². The number of rotatable bonds is 5. The van der Waals surface area contributed by atoms with Gasteiger partial charge in [-0.2, -0.15) is 0 Å². The summed E-state index contributed by atoms with van der Waals surface area (Å²) in [5, 5.41) is 3.12. The van der Waals surface area contributed by atoms with Crippen molar-refractivity contribution in [1.82, 2.24) is 15.1 Å². The molecule has 1 aromatic rings. The first-order chi connectivity index (χ1) is 12.1. The highest BCUT2D eigenvalue weighted by Crippen LogP contribution is 2.21. The predicted molar refractivity (Wildman–Crippen MR) is 103 cm³/mol. The molecule has 2 fully saturated rings. The number of anilines is 1. The molecule has 0 aliphatic carbocycles. The van der Waals surface area contributed by atoms with Crippen molar-refractivity contribution in [3.05, 3.63) is 30.3 Å². The molecule has 138 valence electrons. The highest BCUT2D eigenvalue weighted by atomic mass is 16.2. The molecule has 5 heteroatoms. The molecule has 2 aliphatic rings. The van der Waals surface area contributed by atoms with Crippen LogP contribution >= 0.6 is 0 Å². The lowest BCUT2D eigenvalue weighted by Gasteiger charge is -2.37. The minimum atomic E-state index is 0.0909. The van der Waals surface area contributed by atoms with Crippen LogP contribution in [0.1, 0.15) is 32.6 Å². The van der Waals surface area contributed by atoms with Crippen molar-refractivity contribution >= 4 is 11.7 Å². The summed E-state index contributed by atoms with van der Waals surface area (Å²) >= 11 is 0. The van der Waals surface area contributed by atoms with Crippen LogP contribution in [0.3, 0.4) is 0 Å². The molecule has 5 nitrogen and oxygen atoms in total. The Morgan fingerprint density at radius 1 is 1.16 bits per heavy atom. The molecule has 0 aromatic heterocycles. The number of piperidine rings is 1. The Kier molecular flexibility index (Phi) is 6.19. The number of benzene rings is 1. The number of nitrogens with one attached hydrogen (secondary N) is 1. The van der Waals surface area contributed by atoms with Gasteiger partial charge < -0.3 is 20.0 Å². The molecule has 0 bridgehead atoms. The number of carbonyl (C=O) groups excluding carboxylic acids is 1. The van der Waals surface area contributed by atoms with Gasteiger partial charge in [0.15, 0.2) is 0 Å². The van der Waals surface area contributed by atoms with Crippen LogP contribution in [0.5, 0.6) is 0 Å². The van der Waals surface area contributed by atoms with Gasteiger partial charge in [-0.1, -0.05) is 18.2 Å². The summed E-state index contributed by atoms with van der Waals surface area (Å²) in [7, 11) is 2.08. The fourth-order valence-corrected chi connectivity index (χ4v) is 3.94. The molecule has 2 amide bonds. The molecule has 25 heavy (non-hydrogen) atoms. The van der Waals surface area contributed by atoms with E-state index in [1.807, 2.05) is 23.1 Å². The first-order valence-corrected chi connectivity index (χ1v) is 9.70. The van der Waals surface area contributed by atoms with Crippen LogP contribution in [-0.2, 0) is 0 Å². The number of nitrogens with zero attached hydrogens (tertiary/aromatic N) is 3. The van der Waals surface area contributed by atoms with Crippen LogP contribution in [0, 0.1) is 0 Å². The second-order valence-electron chi connectivity index (χ2n) is 7.44. The molecule has 2 saturated heterocycles. The molecular weight excluding hydrogens is 312 g/mol. The van der Waals surface area contributed by atoms with Gasteiger partial charge in [-0.05, 0) is 57.8 Å². The third-order valence-electron chi connectivity index (χ3n) is 5.78. The second kappa shape index (κ2) is 8.56. The summed E-state index contributed by atoms with van der Waals surface area (Å²) in [5.74, 6) is 0. The van der Waals surface area contributed by atoms with E-state index >= 15 is 0 Å². The van der Waals surface area contributed by atoms with Crippen LogP contribution in [-0.4, -0.2) is 67.7 Å². The largest absolute Gasteiger partial charge is 0.370 e. The second-order valence-corrected chi connectivity index (χ2v) is 7.44. The summed E-state index contributed by atoms with van der Waals surface area (Å²) < 4.78 is 0. The van der Waals surface area contributed by atoms with Gasteiger partial charge >= 0.3 is 6.03 Å². The molecular formula is C20H32N4O. The smallest absolute Gasteiger partial charge is 0.317 e. The monoisotopic (exact) mass is 344 g/mol. The van der Waals surface area contributed by atoms with Crippen molar-refractivity contribution in [2.24, 2.45) is 0 Å². The lowest BCUT2D eigenvalue weighted by Crippen LogP contribution is -2.51. The first kappa shape index (κ1) is 18.1. The van der Waals surface area contributed by atoms with Crippen molar-refractivity contribution in [2.45, 2.75) is 44.7 Å². The van der Waals surface area contributed by atoms with E-state index in [2.05, 4.69) is 41.2 Å². The van der Waals surface area contributed by atoms with Crippen LogP contribution < -0.4 is 10.2 Å². The SMILES string of the molecule is CC(CNC(=O)N1CCC(N2CCCC2)CC1)N(C)c1ccccc1. The van der Waals surface area contributed by atoms with Crippen molar-refractivity contribution in [1.29, 1.82) is 0 Å². The predicted octanol–water partition coefficient (Wildman–Crippen LogP) is 2.78. The first-order valence-electron chi connectivity index (χ1n) is 9.70. The number of carbonyl (C=O) groups is 1. The maximum absolute atomic E-state index is 12.5. The van der Waals surface area contributed by atoms with Gasteiger partial charge in [0.25, 0.3) is 0 Å². The van der Waals surface area contributed by atoms with E-state index in [4.69, 9.17) is 0 Å². The van der Waals surface area contributed by atoms with Gasteiger partial charge in [0, 0.05) is 44.5 Å². The summed E-state index contributed by atoms with van der Waals surface area (Å²) in [6, 6.07) is 11.3. The maximum Gasteiger partial charge on any atom is 0.317 e. The third kappa shape index (κ3) is 4.66. The van der Waals surface area contributed by atoms with Crippen molar-refractivity contribution < 1.29 is 4.79 Å². The number of hydrogen-bond acceptors (Lipinski definition) is 3. The Morgan fingerprint density at radius 3 is 2.44 bits per heavy atom. The standard InChI is InChI=1S/C20H32N4O/c1-17(22(2)18-8-4-3-5-9-18)16-21-20(25)24-14-10-19(11-15-24)23-12-6-7-13-23/h3-5,8-9,17,19H,6-7,10-16H2,1-2H3,(H,21,25). The van der Waals surface area contributed by atoms with E-state index in [0.717, 1.165) is 25.9 Å². The molecule has 3 rings (SSSR count). The zero-order chi connectivity index (χ0) is 17.6. The zero-order valence-electron chi connectivity index (χ0n) is 15.7. The molecule has 1 unspecified atom stereocenters. The lowest BCUT2D eigenvalue weighted by atomic mass is 10.0. The minimum Gasteiger partial charge on any atom is -0.370 e. The topological polar surface area (TPSA) is 38.8 Å². The van der Waals surface area contributed by atoms with Crippen molar-refractivity contribution in [2.75, 3.05) is 44.7 Å². The molecule has 1 N–H and O–H groups in total. The number of amides is 2. The number of likely N-dealkylation sites (N-methyl/N-ethyl adjacent to an activating group) is 1. The average Bonchev–Trinajstić information content (AvgIpc) is 3.21. The van der Waals surface area contributed by atoms with Gasteiger partial charge in [0.1, 0.15) is 0 Å². The maximum atomic E-state index is 12.5. The Morgan fingerprint density at radius 2 is 1.80 bits per heavy atom. The normalized spacial score (nSPS) is 20.5. The Balaban J connectivity index is 1.40. The third-order valence-corrected chi connectivity index (χ3v) is 5.78. The minimum absolute atomic E-state index is 0.0909. The zero-order valence-corrected chi connectivity index (χ0v) is 15.7. The van der Waals surface area contributed by atoms with E-state index in [0.29, 0.717) is 12.6 Å². The van der Waals surface area contributed by atoms with Crippen LogP contribution in [0.4, 0.5) is 10.5 Å². The van der Waals surface area contributed by atoms with Gasteiger partial charge in [0.05, 0.1) is 0 Å². The Hall–Kier alpha value is -1.75. The molecule has 1 aromatic carbocycles. The molecule has 0 spiro atoms. The highest BCUT2D eigenvalue weighted by Gasteiger charge is 2.28. The van der Waals surface area contributed by atoms with Gasteiger partial charge in [0.2, 0.25) is 0 Å². The molecule has 0 saturated carbocycles. The number of likely N-dealkylation sites (tertiary alicyclic amines) is 2. The molecule has 1 atom stereocenters. The molecule has 0 radical (unpaired) electrons. The van der Waals surface area contributed by atoms with Crippen LogP contribution in [0.15, 0.2) is 30.3 Å². The summed E-state index contributed by atoms with van der Waals surface area (Å²) in [6.45, 7) is 7.08. The van der Waals surface area contributed by atoms with E-state index < -0.39 is 0 Å². The van der Waals surface area contributed by atoms with Crippen molar-refractivity contribution in [3.8, 4) is 0 Å². The van der Waals surface area contributed by atoms with Crippen molar-refractivity contribution in [3.63, 3.8) is 0 Å². The molecule has 2 aliphatic heterocycles.